The van der Waals surface area contributed by atoms with Crippen LogP contribution in [0.1, 0.15) is 25.5 Å². The van der Waals surface area contributed by atoms with Gasteiger partial charge >= 0.3 is 0 Å². The lowest BCUT2D eigenvalue weighted by atomic mass is 10.1. The maximum atomic E-state index is 9.53. The van der Waals surface area contributed by atoms with Crippen LogP contribution >= 0.6 is 0 Å². The van der Waals surface area contributed by atoms with Crippen molar-refractivity contribution >= 4 is 5.82 Å². The number of aliphatic hydroxyl groups excluding tert-OH is 1. The molecule has 0 radical (unpaired) electrons. The molecule has 16 heavy (non-hydrogen) atoms. The Bertz CT molecular complexity index is 355. The van der Waals surface area contributed by atoms with Crippen LogP contribution in [0.25, 0.3) is 0 Å². The van der Waals surface area contributed by atoms with E-state index in [1.54, 1.807) is 13.1 Å². The first-order valence-corrected chi connectivity index (χ1v) is 5.67. The van der Waals surface area contributed by atoms with Gasteiger partial charge in [0.25, 0.3) is 0 Å². The zero-order chi connectivity index (χ0) is 11.5. The van der Waals surface area contributed by atoms with Crippen molar-refractivity contribution in [1.29, 1.82) is 0 Å². The number of pyridine rings is 1. The molecular formula is C12H18N2O2. The molecule has 1 fully saturated rings. The molecule has 0 amide bonds. The summed E-state index contributed by atoms with van der Waals surface area (Å²) in [5.41, 5.74) is 0.907. The van der Waals surface area contributed by atoms with Crippen molar-refractivity contribution in [3.05, 3.63) is 23.9 Å². The van der Waals surface area contributed by atoms with Crippen LogP contribution in [0.4, 0.5) is 5.82 Å². The van der Waals surface area contributed by atoms with Gasteiger partial charge in [0, 0.05) is 19.3 Å². The second-order valence-corrected chi connectivity index (χ2v) is 4.25. The average Bonchev–Trinajstić information content (AvgIpc) is 2.29. The largest absolute Gasteiger partial charge is 0.389 e. The quantitative estimate of drug-likeness (QED) is 0.820. The van der Waals surface area contributed by atoms with Crippen molar-refractivity contribution in [1.82, 2.24) is 4.98 Å². The van der Waals surface area contributed by atoms with E-state index in [1.807, 2.05) is 12.1 Å². The van der Waals surface area contributed by atoms with Gasteiger partial charge in [-0.05, 0) is 31.5 Å². The Morgan fingerprint density at radius 1 is 1.62 bits per heavy atom. The predicted octanol–water partition coefficient (Wildman–Crippen LogP) is 1.36. The summed E-state index contributed by atoms with van der Waals surface area (Å²) in [5.74, 6) is 0.925. The third kappa shape index (κ3) is 2.51. The average molecular weight is 222 g/mol. The molecule has 88 valence electrons. The van der Waals surface area contributed by atoms with Gasteiger partial charge in [0.2, 0.25) is 0 Å². The van der Waals surface area contributed by atoms with Gasteiger partial charge < -0.3 is 14.7 Å². The smallest absolute Gasteiger partial charge is 0.129 e. The fourth-order valence-corrected chi connectivity index (χ4v) is 1.89. The summed E-state index contributed by atoms with van der Waals surface area (Å²) in [6.07, 6.45) is 1.54. The Hall–Kier alpha value is -1.13. The van der Waals surface area contributed by atoms with E-state index < -0.39 is 6.10 Å². The highest BCUT2D eigenvalue weighted by atomic mass is 16.5. The Morgan fingerprint density at radius 3 is 3.12 bits per heavy atom. The van der Waals surface area contributed by atoms with Crippen LogP contribution in [-0.4, -0.2) is 35.9 Å². The van der Waals surface area contributed by atoms with Gasteiger partial charge in [-0.1, -0.05) is 0 Å². The molecule has 2 heterocycles. The molecule has 0 saturated carbocycles. The number of ether oxygens (including phenoxy) is 1. The fourth-order valence-electron chi connectivity index (χ4n) is 1.89. The summed E-state index contributed by atoms with van der Waals surface area (Å²) >= 11 is 0. The van der Waals surface area contributed by atoms with Crippen molar-refractivity contribution in [3.8, 4) is 0 Å². The lowest BCUT2D eigenvalue weighted by Gasteiger charge is -2.32. The summed E-state index contributed by atoms with van der Waals surface area (Å²) in [4.78, 5) is 6.53. The fraction of sp³-hybridized carbons (Fsp3) is 0.583. The molecule has 4 heteroatoms. The number of hydrogen-bond acceptors (Lipinski definition) is 4. The van der Waals surface area contributed by atoms with E-state index in [0.29, 0.717) is 0 Å². The summed E-state index contributed by atoms with van der Waals surface area (Å²) in [5, 5.41) is 9.53. The molecule has 2 rings (SSSR count). The van der Waals surface area contributed by atoms with Crippen molar-refractivity contribution in [2.45, 2.75) is 26.1 Å². The lowest BCUT2D eigenvalue weighted by Crippen LogP contribution is -2.41. The molecule has 0 aromatic carbocycles. The number of aromatic nitrogens is 1. The Kier molecular flexibility index (Phi) is 3.41. The lowest BCUT2D eigenvalue weighted by molar-refractivity contribution is 0.0529. The van der Waals surface area contributed by atoms with Crippen molar-refractivity contribution in [3.63, 3.8) is 0 Å². The van der Waals surface area contributed by atoms with Crippen LogP contribution in [0.5, 0.6) is 0 Å². The Balaban J connectivity index is 2.16. The summed E-state index contributed by atoms with van der Waals surface area (Å²) in [6.45, 7) is 6.28. The number of hydrogen-bond donors (Lipinski definition) is 1. The molecule has 1 aromatic heterocycles. The van der Waals surface area contributed by atoms with Gasteiger partial charge in [0.05, 0.1) is 18.8 Å². The van der Waals surface area contributed by atoms with Crippen LogP contribution in [-0.2, 0) is 4.74 Å². The number of nitrogens with zero attached hydrogens (tertiary/aromatic N) is 2. The molecule has 4 nitrogen and oxygen atoms in total. The molecule has 0 aliphatic carbocycles. The zero-order valence-corrected chi connectivity index (χ0v) is 9.76. The van der Waals surface area contributed by atoms with Crippen molar-refractivity contribution < 1.29 is 9.84 Å². The SMILES string of the molecule is CC1CN(c2cc([C@@H](C)O)ccn2)CCO1. The number of anilines is 1. The van der Waals surface area contributed by atoms with E-state index in [1.165, 1.54) is 0 Å². The second kappa shape index (κ2) is 4.80. The van der Waals surface area contributed by atoms with Gasteiger partial charge in [-0.2, -0.15) is 0 Å². The van der Waals surface area contributed by atoms with Gasteiger partial charge in [-0.3, -0.25) is 0 Å². The molecule has 1 aliphatic rings. The zero-order valence-electron chi connectivity index (χ0n) is 9.76. The molecule has 1 aromatic rings. The molecule has 1 N–H and O–H groups in total. The maximum Gasteiger partial charge on any atom is 0.129 e. The minimum Gasteiger partial charge on any atom is -0.389 e. The van der Waals surface area contributed by atoms with Crippen LogP contribution < -0.4 is 4.90 Å². The highest BCUT2D eigenvalue weighted by Crippen LogP contribution is 2.19. The summed E-state index contributed by atoms with van der Waals surface area (Å²) in [6, 6.07) is 3.79. The van der Waals surface area contributed by atoms with Crippen LogP contribution in [0.3, 0.4) is 0 Å². The van der Waals surface area contributed by atoms with Crippen LogP contribution in [0.2, 0.25) is 0 Å². The first kappa shape index (κ1) is 11.4. The third-order valence-electron chi connectivity index (χ3n) is 2.82. The standard InChI is InChI=1S/C12H18N2O2/c1-9-8-14(5-6-16-9)12-7-11(10(2)15)3-4-13-12/h3-4,7,9-10,15H,5-6,8H2,1-2H3/t9?,10-/m1/s1. The van der Waals surface area contributed by atoms with E-state index in [0.717, 1.165) is 31.1 Å². The highest BCUT2D eigenvalue weighted by molar-refractivity contribution is 5.42. The van der Waals surface area contributed by atoms with Gasteiger partial charge in [-0.15, -0.1) is 0 Å². The molecule has 2 atom stereocenters. The van der Waals surface area contributed by atoms with E-state index in [-0.39, 0.29) is 6.10 Å². The Morgan fingerprint density at radius 2 is 2.44 bits per heavy atom. The highest BCUT2D eigenvalue weighted by Gasteiger charge is 2.18. The molecule has 1 unspecified atom stereocenters. The first-order chi connectivity index (χ1) is 7.66. The maximum absolute atomic E-state index is 9.53. The number of morpholine rings is 1. The second-order valence-electron chi connectivity index (χ2n) is 4.25. The van der Waals surface area contributed by atoms with Crippen molar-refractivity contribution in [2.24, 2.45) is 0 Å². The normalized spacial score (nSPS) is 23.2. The van der Waals surface area contributed by atoms with Crippen LogP contribution in [0.15, 0.2) is 18.3 Å². The minimum absolute atomic E-state index is 0.241. The van der Waals surface area contributed by atoms with E-state index >= 15 is 0 Å². The van der Waals surface area contributed by atoms with Crippen LogP contribution in [0, 0.1) is 0 Å². The van der Waals surface area contributed by atoms with Gasteiger partial charge in [0.15, 0.2) is 0 Å². The summed E-state index contributed by atoms with van der Waals surface area (Å²) in [7, 11) is 0. The van der Waals surface area contributed by atoms with Gasteiger partial charge in [-0.25, -0.2) is 4.98 Å². The molecular weight excluding hydrogens is 204 g/mol. The van der Waals surface area contributed by atoms with E-state index in [2.05, 4.69) is 16.8 Å². The Labute approximate surface area is 95.9 Å². The molecule has 0 bridgehead atoms. The van der Waals surface area contributed by atoms with E-state index in [4.69, 9.17) is 4.74 Å². The van der Waals surface area contributed by atoms with E-state index in [9.17, 15) is 5.11 Å². The first-order valence-electron chi connectivity index (χ1n) is 5.67. The molecule has 0 spiro atoms. The van der Waals surface area contributed by atoms with Gasteiger partial charge in [0.1, 0.15) is 5.82 Å². The third-order valence-corrected chi connectivity index (χ3v) is 2.82. The number of rotatable bonds is 2. The molecule has 1 saturated heterocycles. The topological polar surface area (TPSA) is 45.6 Å². The molecule has 1 aliphatic heterocycles. The number of aliphatic hydroxyl groups is 1. The predicted molar refractivity (Wildman–Crippen MR) is 62.5 cm³/mol. The summed E-state index contributed by atoms with van der Waals surface area (Å²) < 4.78 is 5.49. The minimum atomic E-state index is -0.444. The monoisotopic (exact) mass is 222 g/mol. The van der Waals surface area contributed by atoms with Crippen molar-refractivity contribution in [2.75, 3.05) is 24.6 Å².